The number of para-hydroxylation sites is 3. The van der Waals surface area contributed by atoms with E-state index in [0.717, 1.165) is 0 Å². The average Bonchev–Trinajstić information content (AvgIpc) is 2.89. The van der Waals surface area contributed by atoms with Gasteiger partial charge in [-0.3, -0.25) is 4.79 Å². The van der Waals surface area contributed by atoms with Crippen LogP contribution in [0.25, 0.3) is 11.1 Å². The molecule has 21 heavy (non-hydrogen) atoms. The van der Waals surface area contributed by atoms with Crippen molar-refractivity contribution in [2.24, 2.45) is 5.73 Å². The van der Waals surface area contributed by atoms with Crippen molar-refractivity contribution in [3.63, 3.8) is 0 Å². The summed E-state index contributed by atoms with van der Waals surface area (Å²) in [6.45, 7) is 0. The summed E-state index contributed by atoms with van der Waals surface area (Å²) < 4.78 is 10.8. The molecule has 2 aromatic carbocycles. The Kier molecular flexibility index (Phi) is 3.19. The largest absolute Gasteiger partial charge is 0.495 e. The first-order valence-electron chi connectivity index (χ1n) is 6.28. The molecule has 0 aliphatic heterocycles. The number of methoxy groups -OCH3 is 1. The maximum absolute atomic E-state index is 11.4. The molecule has 1 heterocycles. The summed E-state index contributed by atoms with van der Waals surface area (Å²) in [5.74, 6) is 0.118. The minimum absolute atomic E-state index is 0.267. The molecule has 0 atom stereocenters. The number of amides is 1. The van der Waals surface area contributed by atoms with Crippen molar-refractivity contribution < 1.29 is 13.9 Å². The Balaban J connectivity index is 2.02. The molecular weight excluding hydrogens is 270 g/mol. The Morgan fingerprint density at radius 3 is 2.81 bits per heavy atom. The van der Waals surface area contributed by atoms with E-state index in [-0.39, 0.29) is 6.01 Å². The van der Waals surface area contributed by atoms with Crippen LogP contribution >= 0.6 is 0 Å². The molecule has 0 aliphatic rings. The van der Waals surface area contributed by atoms with E-state index < -0.39 is 5.91 Å². The van der Waals surface area contributed by atoms with Gasteiger partial charge in [0.2, 0.25) is 0 Å². The molecule has 0 saturated carbocycles. The summed E-state index contributed by atoms with van der Waals surface area (Å²) >= 11 is 0. The van der Waals surface area contributed by atoms with Crippen LogP contribution in [-0.4, -0.2) is 18.0 Å². The number of nitrogens with two attached hydrogens (primary N) is 1. The van der Waals surface area contributed by atoms with Gasteiger partial charge in [0.25, 0.3) is 11.9 Å². The van der Waals surface area contributed by atoms with Crippen LogP contribution in [-0.2, 0) is 0 Å². The van der Waals surface area contributed by atoms with Crippen LogP contribution in [0.2, 0.25) is 0 Å². The number of carbonyl (C=O) groups is 1. The van der Waals surface area contributed by atoms with Gasteiger partial charge in [-0.25, -0.2) is 0 Å². The molecule has 1 amide bonds. The van der Waals surface area contributed by atoms with Crippen LogP contribution in [0.1, 0.15) is 10.4 Å². The molecule has 3 rings (SSSR count). The van der Waals surface area contributed by atoms with Crippen molar-refractivity contribution in [2.75, 3.05) is 12.4 Å². The van der Waals surface area contributed by atoms with Crippen molar-refractivity contribution >= 4 is 28.7 Å². The highest BCUT2D eigenvalue weighted by atomic mass is 16.5. The van der Waals surface area contributed by atoms with Gasteiger partial charge in [-0.05, 0) is 24.3 Å². The quantitative estimate of drug-likeness (QED) is 0.768. The third-order valence-corrected chi connectivity index (χ3v) is 3.03. The Morgan fingerprint density at radius 1 is 1.24 bits per heavy atom. The number of rotatable bonds is 4. The third kappa shape index (κ3) is 2.38. The number of hydrogen-bond donors (Lipinski definition) is 2. The molecule has 3 aromatic rings. The maximum atomic E-state index is 11.4. The lowest BCUT2D eigenvalue weighted by atomic mass is 10.2. The molecule has 3 N–H and O–H groups in total. The Morgan fingerprint density at radius 2 is 2.05 bits per heavy atom. The van der Waals surface area contributed by atoms with E-state index in [1.165, 1.54) is 0 Å². The summed E-state index contributed by atoms with van der Waals surface area (Å²) in [5.41, 5.74) is 7.29. The van der Waals surface area contributed by atoms with E-state index in [1.807, 2.05) is 24.3 Å². The minimum Gasteiger partial charge on any atom is -0.495 e. The van der Waals surface area contributed by atoms with Crippen LogP contribution < -0.4 is 15.8 Å². The molecule has 6 nitrogen and oxygen atoms in total. The van der Waals surface area contributed by atoms with Crippen LogP contribution in [0.5, 0.6) is 5.75 Å². The summed E-state index contributed by atoms with van der Waals surface area (Å²) in [5, 5.41) is 3.02. The Labute approximate surface area is 120 Å². The van der Waals surface area contributed by atoms with Crippen LogP contribution in [0.3, 0.4) is 0 Å². The van der Waals surface area contributed by atoms with Crippen molar-refractivity contribution in [1.29, 1.82) is 0 Å². The second-order valence-corrected chi connectivity index (χ2v) is 4.36. The van der Waals surface area contributed by atoms with Crippen molar-refractivity contribution in [3.05, 3.63) is 48.0 Å². The van der Waals surface area contributed by atoms with E-state index in [2.05, 4.69) is 10.3 Å². The highest BCUT2D eigenvalue weighted by molar-refractivity contribution is 6.03. The third-order valence-electron chi connectivity index (χ3n) is 3.03. The van der Waals surface area contributed by atoms with Crippen molar-refractivity contribution in [2.45, 2.75) is 0 Å². The Hall–Kier alpha value is -3.02. The van der Waals surface area contributed by atoms with Gasteiger partial charge < -0.3 is 20.2 Å². The van der Waals surface area contributed by atoms with Gasteiger partial charge in [0.05, 0.1) is 18.4 Å². The first kappa shape index (κ1) is 13.0. The fourth-order valence-electron chi connectivity index (χ4n) is 2.06. The zero-order valence-corrected chi connectivity index (χ0v) is 11.3. The molecule has 6 heteroatoms. The van der Waals surface area contributed by atoms with Gasteiger partial charge in [0, 0.05) is 0 Å². The van der Waals surface area contributed by atoms with Gasteiger partial charge in [0.1, 0.15) is 11.3 Å². The van der Waals surface area contributed by atoms with Gasteiger partial charge >= 0.3 is 0 Å². The molecule has 0 spiro atoms. The number of fused-ring (bicyclic) bond motifs is 1. The standard InChI is InChI=1S/C15H13N3O3/c1-20-11-7-3-2-6-10(11)17-15-18-13-9(14(16)19)5-4-8-12(13)21-15/h2-8H,1H3,(H2,16,19)(H,17,18). The summed E-state index contributed by atoms with van der Waals surface area (Å²) in [4.78, 5) is 15.7. The number of hydrogen-bond acceptors (Lipinski definition) is 5. The SMILES string of the molecule is COc1ccccc1Nc1nc2c(C(N)=O)cccc2o1. The van der Waals surface area contributed by atoms with E-state index in [0.29, 0.717) is 28.1 Å². The maximum Gasteiger partial charge on any atom is 0.300 e. The number of nitrogens with zero attached hydrogens (tertiary/aromatic N) is 1. The summed E-state index contributed by atoms with van der Waals surface area (Å²) in [6.07, 6.45) is 0. The predicted octanol–water partition coefficient (Wildman–Crippen LogP) is 2.68. The van der Waals surface area contributed by atoms with Crippen molar-refractivity contribution in [3.8, 4) is 5.75 Å². The van der Waals surface area contributed by atoms with E-state index >= 15 is 0 Å². The van der Waals surface area contributed by atoms with Crippen molar-refractivity contribution in [1.82, 2.24) is 4.98 Å². The molecule has 0 radical (unpaired) electrons. The first-order chi connectivity index (χ1) is 10.2. The summed E-state index contributed by atoms with van der Waals surface area (Å²) in [6, 6.07) is 12.7. The second kappa shape index (κ2) is 5.16. The minimum atomic E-state index is -0.544. The van der Waals surface area contributed by atoms with Gasteiger partial charge in [0.15, 0.2) is 5.58 Å². The second-order valence-electron chi connectivity index (χ2n) is 4.36. The number of anilines is 2. The van der Waals surface area contributed by atoms with Crippen LogP contribution in [0.4, 0.5) is 11.7 Å². The molecule has 0 bridgehead atoms. The molecule has 1 aromatic heterocycles. The van der Waals surface area contributed by atoms with Gasteiger partial charge in [-0.15, -0.1) is 0 Å². The lowest BCUT2D eigenvalue weighted by Gasteiger charge is -2.07. The number of primary amides is 1. The first-order valence-corrected chi connectivity index (χ1v) is 6.28. The number of aromatic nitrogens is 1. The van der Waals surface area contributed by atoms with Crippen LogP contribution in [0.15, 0.2) is 46.9 Å². The number of oxazole rings is 1. The highest BCUT2D eigenvalue weighted by Gasteiger charge is 2.14. The number of ether oxygens (including phenoxy) is 1. The van der Waals surface area contributed by atoms with E-state index in [9.17, 15) is 4.79 Å². The van der Waals surface area contributed by atoms with Gasteiger partial charge in [-0.1, -0.05) is 18.2 Å². The molecule has 0 unspecified atom stereocenters. The zero-order valence-electron chi connectivity index (χ0n) is 11.3. The fourth-order valence-corrected chi connectivity index (χ4v) is 2.06. The molecule has 0 aliphatic carbocycles. The number of nitrogens with one attached hydrogen (secondary N) is 1. The molecule has 0 saturated heterocycles. The van der Waals surface area contributed by atoms with E-state index in [4.69, 9.17) is 14.9 Å². The molecular formula is C15H13N3O3. The smallest absolute Gasteiger partial charge is 0.300 e. The lowest BCUT2D eigenvalue weighted by Crippen LogP contribution is -2.11. The monoisotopic (exact) mass is 283 g/mol. The van der Waals surface area contributed by atoms with Gasteiger partial charge in [-0.2, -0.15) is 4.98 Å². The highest BCUT2D eigenvalue weighted by Crippen LogP contribution is 2.29. The molecule has 106 valence electrons. The topological polar surface area (TPSA) is 90.4 Å². The van der Waals surface area contributed by atoms with Crippen LogP contribution in [0, 0.1) is 0 Å². The normalized spacial score (nSPS) is 10.5. The Bertz CT molecular complexity index is 811. The lowest BCUT2D eigenvalue weighted by molar-refractivity contribution is 0.100. The molecule has 0 fully saturated rings. The fraction of sp³-hybridized carbons (Fsp3) is 0.0667. The summed E-state index contributed by atoms with van der Waals surface area (Å²) in [7, 11) is 1.58. The zero-order chi connectivity index (χ0) is 14.8. The number of benzene rings is 2. The average molecular weight is 283 g/mol. The predicted molar refractivity (Wildman–Crippen MR) is 78.8 cm³/mol. The van der Waals surface area contributed by atoms with E-state index in [1.54, 1.807) is 25.3 Å². The number of carbonyl (C=O) groups excluding carboxylic acids is 1.